The van der Waals surface area contributed by atoms with Crippen molar-refractivity contribution in [3.8, 4) is 0 Å². The number of halogens is 1. The van der Waals surface area contributed by atoms with E-state index in [0.29, 0.717) is 33.2 Å². The Morgan fingerprint density at radius 1 is 1.56 bits per heavy atom. The largest absolute Gasteiger partial charge is 0.466 e. The molecule has 1 fully saturated rings. The van der Waals surface area contributed by atoms with Crippen molar-refractivity contribution in [2.24, 2.45) is 0 Å². The fourth-order valence-corrected chi connectivity index (χ4v) is 4.13. The van der Waals surface area contributed by atoms with Crippen molar-refractivity contribution in [1.29, 1.82) is 0 Å². The summed E-state index contributed by atoms with van der Waals surface area (Å²) in [7, 11) is 1.31. The minimum absolute atomic E-state index is 0.00153. The van der Waals surface area contributed by atoms with Crippen LogP contribution in [0.2, 0.25) is 5.02 Å². The monoisotopic (exact) mass is 398 g/mol. The molecule has 132 valence electrons. The number of aromatic nitrogens is 1. The molecule has 0 radical (unpaired) electrons. The molecule has 1 aromatic carbocycles. The number of hydrogen-bond acceptors (Lipinski definition) is 7. The number of amides is 1. The van der Waals surface area contributed by atoms with Crippen molar-refractivity contribution in [2.75, 3.05) is 25.2 Å². The minimum atomic E-state index is -0.457. The Morgan fingerprint density at radius 2 is 2.40 bits per heavy atom. The molecule has 0 N–H and O–H groups in total. The number of thioether (sulfide) groups is 2. The minimum Gasteiger partial charge on any atom is -0.466 e. The van der Waals surface area contributed by atoms with Crippen LogP contribution in [0.4, 0.5) is 0 Å². The normalized spacial score (nSPS) is 16.2. The summed E-state index contributed by atoms with van der Waals surface area (Å²) in [6.07, 6.45) is 2.10. The van der Waals surface area contributed by atoms with E-state index in [-0.39, 0.29) is 5.91 Å². The Morgan fingerprint density at radius 3 is 3.20 bits per heavy atom. The van der Waals surface area contributed by atoms with Gasteiger partial charge in [0.2, 0.25) is 5.91 Å². The number of esters is 1. The van der Waals surface area contributed by atoms with Gasteiger partial charge in [0.15, 0.2) is 5.58 Å². The zero-order chi connectivity index (χ0) is 17.8. The summed E-state index contributed by atoms with van der Waals surface area (Å²) in [5, 5.41) is 1.83. The van der Waals surface area contributed by atoms with Crippen LogP contribution in [0.3, 0.4) is 0 Å². The van der Waals surface area contributed by atoms with Gasteiger partial charge in [-0.15, -0.1) is 0 Å². The SMILES string of the molecule is COC(=O)/C=C1/SCC(=O)N1CCCSc1nc2cc(Cl)ccc2o1. The maximum Gasteiger partial charge on any atom is 0.333 e. The number of carbonyl (C=O) groups is 2. The van der Waals surface area contributed by atoms with Gasteiger partial charge in [0.1, 0.15) is 5.52 Å². The van der Waals surface area contributed by atoms with Gasteiger partial charge >= 0.3 is 5.97 Å². The Hall–Kier alpha value is -1.64. The van der Waals surface area contributed by atoms with Gasteiger partial charge in [-0.25, -0.2) is 9.78 Å². The summed E-state index contributed by atoms with van der Waals surface area (Å²) >= 11 is 8.76. The van der Waals surface area contributed by atoms with Crippen LogP contribution in [-0.2, 0) is 14.3 Å². The zero-order valence-corrected chi connectivity index (χ0v) is 15.7. The maximum absolute atomic E-state index is 11.9. The number of fused-ring (bicyclic) bond motifs is 1. The average Bonchev–Trinajstić information content (AvgIpc) is 3.15. The summed E-state index contributed by atoms with van der Waals surface area (Å²) in [4.78, 5) is 29.3. The number of ether oxygens (including phenoxy) is 1. The Balaban J connectivity index is 1.53. The molecule has 1 amide bonds. The molecular formula is C16H15ClN2O4S2. The van der Waals surface area contributed by atoms with E-state index in [9.17, 15) is 9.59 Å². The maximum atomic E-state index is 11.9. The van der Waals surface area contributed by atoms with Gasteiger partial charge in [-0.2, -0.15) is 0 Å². The highest BCUT2D eigenvalue weighted by Gasteiger charge is 2.26. The fourth-order valence-electron chi connectivity index (χ4n) is 2.25. The summed E-state index contributed by atoms with van der Waals surface area (Å²) in [6, 6.07) is 5.31. The van der Waals surface area contributed by atoms with Crippen molar-refractivity contribution >= 4 is 58.1 Å². The highest BCUT2D eigenvalue weighted by Crippen LogP contribution is 2.30. The van der Waals surface area contributed by atoms with Gasteiger partial charge in [0.25, 0.3) is 5.22 Å². The van der Waals surface area contributed by atoms with E-state index in [0.717, 1.165) is 17.7 Å². The van der Waals surface area contributed by atoms with Crippen LogP contribution < -0.4 is 0 Å². The number of hydrogen-bond donors (Lipinski definition) is 0. The molecule has 0 saturated carbocycles. The van der Waals surface area contributed by atoms with E-state index in [1.807, 2.05) is 0 Å². The number of methoxy groups -OCH3 is 1. The topological polar surface area (TPSA) is 72.6 Å². The number of carbonyl (C=O) groups excluding carboxylic acids is 2. The molecule has 1 saturated heterocycles. The predicted molar refractivity (Wildman–Crippen MR) is 98.6 cm³/mol. The lowest BCUT2D eigenvalue weighted by molar-refractivity contribution is -0.134. The van der Waals surface area contributed by atoms with Crippen LogP contribution in [-0.4, -0.2) is 46.9 Å². The van der Waals surface area contributed by atoms with Gasteiger partial charge < -0.3 is 14.1 Å². The lowest BCUT2D eigenvalue weighted by Gasteiger charge is -2.16. The number of benzene rings is 1. The van der Waals surface area contributed by atoms with Crippen LogP contribution in [0.5, 0.6) is 0 Å². The Kier molecular flexibility index (Phi) is 5.93. The second-order valence-corrected chi connectivity index (χ2v) is 7.61. The summed E-state index contributed by atoms with van der Waals surface area (Å²) in [6.45, 7) is 0.535. The molecule has 1 aliphatic rings. The molecule has 0 aliphatic carbocycles. The van der Waals surface area contributed by atoms with Crippen LogP contribution in [0.1, 0.15) is 6.42 Å². The molecule has 3 rings (SSSR count). The van der Waals surface area contributed by atoms with Crippen LogP contribution >= 0.6 is 35.1 Å². The standard InChI is InChI=1S/C16H15ClN2O4S2/c1-22-15(21)8-14-19(13(20)9-25-14)5-2-6-24-16-18-11-7-10(17)3-4-12(11)23-16/h3-4,7-8H,2,5-6,9H2,1H3/b14-8+. The quantitative estimate of drug-likeness (QED) is 0.319. The molecule has 9 heteroatoms. The van der Waals surface area contributed by atoms with Gasteiger partial charge in [-0.1, -0.05) is 35.1 Å². The van der Waals surface area contributed by atoms with E-state index in [1.165, 1.54) is 36.7 Å². The second kappa shape index (κ2) is 8.16. The van der Waals surface area contributed by atoms with Gasteiger partial charge in [0, 0.05) is 17.3 Å². The van der Waals surface area contributed by atoms with Crippen LogP contribution in [0.15, 0.2) is 38.9 Å². The lowest BCUT2D eigenvalue weighted by Crippen LogP contribution is -2.26. The van der Waals surface area contributed by atoms with E-state index in [2.05, 4.69) is 9.72 Å². The molecular weight excluding hydrogens is 384 g/mol. The molecule has 1 aromatic heterocycles. The Bertz CT molecular complexity index is 837. The van der Waals surface area contributed by atoms with E-state index in [4.69, 9.17) is 16.0 Å². The zero-order valence-electron chi connectivity index (χ0n) is 13.4. The van der Waals surface area contributed by atoms with Gasteiger partial charge in [-0.3, -0.25) is 4.79 Å². The number of nitrogens with zero attached hydrogens (tertiary/aromatic N) is 2. The molecule has 1 aliphatic heterocycles. The van der Waals surface area contributed by atoms with E-state index >= 15 is 0 Å². The Labute approximate surface area is 157 Å². The van der Waals surface area contributed by atoms with E-state index < -0.39 is 5.97 Å². The molecule has 2 aromatic rings. The average molecular weight is 399 g/mol. The van der Waals surface area contributed by atoms with Crippen molar-refractivity contribution in [3.63, 3.8) is 0 Å². The third-order valence-corrected chi connectivity index (χ3v) is 5.61. The summed E-state index contributed by atoms with van der Waals surface area (Å²) in [5.41, 5.74) is 1.42. The lowest BCUT2D eigenvalue weighted by atomic mass is 10.3. The van der Waals surface area contributed by atoms with Crippen molar-refractivity contribution in [1.82, 2.24) is 9.88 Å². The first-order valence-corrected chi connectivity index (χ1v) is 9.83. The smallest absolute Gasteiger partial charge is 0.333 e. The molecule has 0 unspecified atom stereocenters. The number of oxazole rings is 1. The van der Waals surface area contributed by atoms with Crippen LogP contribution in [0, 0.1) is 0 Å². The number of rotatable bonds is 6. The summed E-state index contributed by atoms with van der Waals surface area (Å²) in [5.74, 6) is 0.630. The van der Waals surface area contributed by atoms with Gasteiger partial charge in [-0.05, 0) is 24.6 Å². The molecule has 25 heavy (non-hydrogen) atoms. The van der Waals surface area contributed by atoms with Crippen molar-refractivity contribution in [3.05, 3.63) is 34.3 Å². The third kappa shape index (κ3) is 4.50. The van der Waals surface area contributed by atoms with E-state index in [1.54, 1.807) is 23.1 Å². The third-order valence-electron chi connectivity index (χ3n) is 3.43. The highest BCUT2D eigenvalue weighted by molar-refractivity contribution is 8.04. The predicted octanol–water partition coefficient (Wildman–Crippen LogP) is 3.55. The first-order valence-electron chi connectivity index (χ1n) is 7.48. The van der Waals surface area contributed by atoms with Crippen molar-refractivity contribution < 1.29 is 18.7 Å². The molecule has 2 heterocycles. The van der Waals surface area contributed by atoms with Crippen molar-refractivity contribution in [2.45, 2.75) is 11.6 Å². The van der Waals surface area contributed by atoms with Crippen LogP contribution in [0.25, 0.3) is 11.1 Å². The molecule has 0 bridgehead atoms. The molecule has 6 nitrogen and oxygen atoms in total. The molecule has 0 spiro atoms. The fraction of sp³-hybridized carbons (Fsp3) is 0.312. The molecule has 0 atom stereocenters. The highest BCUT2D eigenvalue weighted by atomic mass is 35.5. The first kappa shape index (κ1) is 18.2. The summed E-state index contributed by atoms with van der Waals surface area (Å²) < 4.78 is 10.3. The second-order valence-electron chi connectivity index (χ2n) is 5.13. The van der Waals surface area contributed by atoms with Gasteiger partial charge in [0.05, 0.1) is 24.0 Å². The first-order chi connectivity index (χ1) is 12.1.